The van der Waals surface area contributed by atoms with Crippen molar-refractivity contribution in [2.24, 2.45) is 5.92 Å². The van der Waals surface area contributed by atoms with Crippen LogP contribution >= 0.6 is 0 Å². The van der Waals surface area contributed by atoms with Gasteiger partial charge >= 0.3 is 0 Å². The van der Waals surface area contributed by atoms with Gasteiger partial charge in [-0.3, -0.25) is 0 Å². The first kappa shape index (κ1) is 14.4. The largest absolute Gasteiger partial charge is 0.371 e. The van der Waals surface area contributed by atoms with E-state index in [1.807, 2.05) is 0 Å². The zero-order valence-electron chi connectivity index (χ0n) is 12.7. The van der Waals surface area contributed by atoms with E-state index in [4.69, 9.17) is 0 Å². The molecule has 0 bridgehead atoms. The molecule has 1 saturated heterocycles. The Morgan fingerprint density at radius 2 is 2.21 bits per heavy atom. The fraction of sp³-hybridized carbons (Fsp3) is 0.647. The summed E-state index contributed by atoms with van der Waals surface area (Å²) in [6.07, 6.45) is 3.91. The van der Waals surface area contributed by atoms with Crippen molar-refractivity contribution in [2.75, 3.05) is 24.5 Å². The molecule has 0 saturated carbocycles. The molecule has 2 heteroatoms. The first-order chi connectivity index (χ1) is 9.20. The van der Waals surface area contributed by atoms with Gasteiger partial charge in [0.05, 0.1) is 0 Å². The summed E-state index contributed by atoms with van der Waals surface area (Å²) in [4.78, 5) is 2.56. The highest BCUT2D eigenvalue weighted by atomic mass is 15.1. The van der Waals surface area contributed by atoms with E-state index >= 15 is 0 Å². The minimum absolute atomic E-state index is 0.832. The maximum atomic E-state index is 3.47. The smallest absolute Gasteiger partial charge is 0.0396 e. The van der Waals surface area contributed by atoms with Crippen molar-refractivity contribution in [1.29, 1.82) is 0 Å². The molecule has 1 heterocycles. The van der Waals surface area contributed by atoms with Gasteiger partial charge < -0.3 is 10.2 Å². The van der Waals surface area contributed by atoms with E-state index in [0.29, 0.717) is 0 Å². The van der Waals surface area contributed by atoms with E-state index in [9.17, 15) is 0 Å². The summed E-state index contributed by atoms with van der Waals surface area (Å²) in [7, 11) is 0. The Hall–Kier alpha value is -1.02. The third-order valence-corrected chi connectivity index (χ3v) is 4.01. The van der Waals surface area contributed by atoms with Crippen molar-refractivity contribution in [3.63, 3.8) is 0 Å². The average molecular weight is 260 g/mol. The standard InChI is InChI=1S/C17H28N2/c1-4-9-18-12-16-7-8-17(15(3)11-16)19-10-5-6-14(2)13-19/h7-8,11,14,18H,4-6,9-10,12-13H2,1-3H3. The summed E-state index contributed by atoms with van der Waals surface area (Å²) in [6.45, 7) is 11.4. The van der Waals surface area contributed by atoms with Gasteiger partial charge in [0.15, 0.2) is 0 Å². The lowest BCUT2D eigenvalue weighted by Gasteiger charge is -2.34. The zero-order valence-corrected chi connectivity index (χ0v) is 12.7. The third-order valence-electron chi connectivity index (χ3n) is 4.01. The third kappa shape index (κ3) is 3.97. The Morgan fingerprint density at radius 1 is 1.37 bits per heavy atom. The number of anilines is 1. The number of nitrogens with one attached hydrogen (secondary N) is 1. The Balaban J connectivity index is 2.02. The number of hydrogen-bond donors (Lipinski definition) is 1. The molecule has 0 aromatic heterocycles. The van der Waals surface area contributed by atoms with Crippen molar-refractivity contribution < 1.29 is 0 Å². The van der Waals surface area contributed by atoms with Crippen LogP contribution in [0.3, 0.4) is 0 Å². The molecule has 1 N–H and O–H groups in total. The number of benzene rings is 1. The Labute approximate surface area is 118 Å². The molecule has 106 valence electrons. The molecule has 1 aromatic rings. The summed E-state index contributed by atoms with van der Waals surface area (Å²) >= 11 is 0. The molecule has 1 unspecified atom stereocenters. The molecule has 1 aliphatic rings. The molecular formula is C17H28N2. The molecule has 2 rings (SSSR count). The number of aryl methyl sites for hydroxylation is 1. The van der Waals surface area contributed by atoms with Crippen molar-refractivity contribution >= 4 is 5.69 Å². The molecule has 19 heavy (non-hydrogen) atoms. The predicted octanol–water partition coefficient (Wildman–Crippen LogP) is 3.73. The number of hydrogen-bond acceptors (Lipinski definition) is 2. The van der Waals surface area contributed by atoms with Gasteiger partial charge in [-0.15, -0.1) is 0 Å². The summed E-state index contributed by atoms with van der Waals surface area (Å²) in [5.41, 5.74) is 4.26. The van der Waals surface area contributed by atoms with Crippen LogP contribution in [0.4, 0.5) is 5.69 Å². The van der Waals surface area contributed by atoms with Crippen molar-refractivity contribution in [3.8, 4) is 0 Å². The SMILES string of the molecule is CCCNCc1ccc(N2CCCC(C)C2)c(C)c1. The lowest BCUT2D eigenvalue weighted by atomic mass is 9.98. The van der Waals surface area contributed by atoms with E-state index < -0.39 is 0 Å². The zero-order chi connectivity index (χ0) is 13.7. The minimum atomic E-state index is 0.832. The van der Waals surface area contributed by atoms with E-state index in [1.165, 1.54) is 49.2 Å². The summed E-state index contributed by atoms with van der Waals surface area (Å²) in [5, 5.41) is 3.47. The van der Waals surface area contributed by atoms with Gasteiger partial charge in [-0.05, 0) is 55.8 Å². The van der Waals surface area contributed by atoms with Crippen molar-refractivity contribution in [3.05, 3.63) is 29.3 Å². The Morgan fingerprint density at radius 3 is 2.89 bits per heavy atom. The number of rotatable bonds is 5. The topological polar surface area (TPSA) is 15.3 Å². The van der Waals surface area contributed by atoms with Crippen molar-refractivity contribution in [1.82, 2.24) is 5.32 Å². The van der Waals surface area contributed by atoms with Crippen molar-refractivity contribution in [2.45, 2.75) is 46.6 Å². The molecule has 1 atom stereocenters. The molecule has 0 spiro atoms. The second-order valence-electron chi connectivity index (χ2n) is 5.99. The monoisotopic (exact) mass is 260 g/mol. The fourth-order valence-corrected chi connectivity index (χ4v) is 3.00. The van der Waals surface area contributed by atoms with Gasteiger partial charge in [0.25, 0.3) is 0 Å². The summed E-state index contributed by atoms with van der Waals surface area (Å²) < 4.78 is 0. The molecule has 0 amide bonds. The van der Waals surface area contributed by atoms with Gasteiger partial charge in [0.2, 0.25) is 0 Å². The van der Waals surface area contributed by atoms with Gasteiger partial charge in [-0.1, -0.05) is 26.0 Å². The maximum Gasteiger partial charge on any atom is 0.0396 e. The van der Waals surface area contributed by atoms with Crippen LogP contribution in [0.2, 0.25) is 0 Å². The molecular weight excluding hydrogens is 232 g/mol. The lowest BCUT2D eigenvalue weighted by molar-refractivity contribution is 0.446. The lowest BCUT2D eigenvalue weighted by Crippen LogP contribution is -2.34. The quantitative estimate of drug-likeness (QED) is 0.812. The van der Waals surface area contributed by atoms with E-state index in [2.05, 4.69) is 49.2 Å². The summed E-state index contributed by atoms with van der Waals surface area (Å²) in [6, 6.07) is 6.94. The highest BCUT2D eigenvalue weighted by Crippen LogP contribution is 2.26. The van der Waals surface area contributed by atoms with Crippen LogP contribution in [0.15, 0.2) is 18.2 Å². The average Bonchev–Trinajstić information content (AvgIpc) is 2.39. The number of nitrogens with zero attached hydrogens (tertiary/aromatic N) is 1. The molecule has 1 aliphatic heterocycles. The molecule has 1 aromatic carbocycles. The van der Waals surface area contributed by atoms with E-state index in [1.54, 1.807) is 0 Å². The minimum Gasteiger partial charge on any atom is -0.371 e. The van der Waals surface area contributed by atoms with Crippen LogP contribution in [0, 0.1) is 12.8 Å². The van der Waals surface area contributed by atoms with E-state index in [-0.39, 0.29) is 0 Å². The molecule has 2 nitrogen and oxygen atoms in total. The van der Waals surface area contributed by atoms with Crippen LogP contribution in [-0.4, -0.2) is 19.6 Å². The normalized spacial score (nSPS) is 19.7. The van der Waals surface area contributed by atoms with Crippen LogP contribution in [0.25, 0.3) is 0 Å². The van der Waals surface area contributed by atoms with E-state index in [0.717, 1.165) is 19.0 Å². The first-order valence-electron chi connectivity index (χ1n) is 7.76. The van der Waals surface area contributed by atoms with Gasteiger partial charge in [0, 0.05) is 25.3 Å². The Bertz CT molecular complexity index is 400. The molecule has 0 aliphatic carbocycles. The summed E-state index contributed by atoms with van der Waals surface area (Å²) in [5.74, 6) is 0.832. The highest BCUT2D eigenvalue weighted by molar-refractivity contribution is 5.54. The van der Waals surface area contributed by atoms with Crippen LogP contribution in [-0.2, 0) is 6.54 Å². The second kappa shape index (κ2) is 6.95. The second-order valence-corrected chi connectivity index (χ2v) is 5.99. The number of piperidine rings is 1. The van der Waals surface area contributed by atoms with Gasteiger partial charge in [0.1, 0.15) is 0 Å². The fourth-order valence-electron chi connectivity index (χ4n) is 3.00. The van der Waals surface area contributed by atoms with Crippen LogP contribution in [0.1, 0.15) is 44.2 Å². The predicted molar refractivity (Wildman–Crippen MR) is 83.8 cm³/mol. The molecule has 1 fully saturated rings. The van der Waals surface area contributed by atoms with Crippen LogP contribution < -0.4 is 10.2 Å². The Kier molecular flexibility index (Phi) is 5.26. The van der Waals surface area contributed by atoms with Crippen LogP contribution in [0.5, 0.6) is 0 Å². The highest BCUT2D eigenvalue weighted by Gasteiger charge is 2.17. The molecule has 0 radical (unpaired) electrons. The first-order valence-corrected chi connectivity index (χ1v) is 7.76. The van der Waals surface area contributed by atoms with Gasteiger partial charge in [-0.2, -0.15) is 0 Å². The van der Waals surface area contributed by atoms with Gasteiger partial charge in [-0.25, -0.2) is 0 Å². The maximum absolute atomic E-state index is 3.47.